The summed E-state index contributed by atoms with van der Waals surface area (Å²) in [6, 6.07) is 8.70. The maximum Gasteiger partial charge on any atom is 0.0409 e. The summed E-state index contributed by atoms with van der Waals surface area (Å²) in [7, 11) is 2.05. The molecule has 1 atom stereocenters. The van der Waals surface area contributed by atoms with Gasteiger partial charge in [-0.05, 0) is 55.0 Å². The predicted octanol–water partition coefficient (Wildman–Crippen LogP) is 3.74. The lowest BCUT2D eigenvalue weighted by Crippen LogP contribution is -2.28. The van der Waals surface area contributed by atoms with E-state index >= 15 is 0 Å². The highest BCUT2D eigenvalue weighted by molar-refractivity contribution is 7.99. The molecule has 0 radical (unpaired) electrons. The minimum Gasteiger partial charge on any atom is -0.313 e. The zero-order valence-corrected chi connectivity index (χ0v) is 11.2. The third kappa shape index (κ3) is 2.93. The van der Waals surface area contributed by atoms with Crippen molar-refractivity contribution in [1.29, 1.82) is 0 Å². The summed E-state index contributed by atoms with van der Waals surface area (Å²) >= 11 is 8.12. The molecule has 1 aromatic rings. The second-order valence-electron chi connectivity index (χ2n) is 4.27. The van der Waals surface area contributed by atoms with Crippen LogP contribution in [0, 0.1) is 5.92 Å². The van der Waals surface area contributed by atoms with Crippen LogP contribution in [-0.2, 0) is 0 Å². The molecule has 1 aromatic carbocycles. The van der Waals surface area contributed by atoms with Gasteiger partial charge in [-0.25, -0.2) is 0 Å². The van der Waals surface area contributed by atoms with Crippen LogP contribution in [0.1, 0.15) is 24.4 Å². The molecule has 3 heteroatoms. The molecule has 1 nitrogen and oxygen atoms in total. The van der Waals surface area contributed by atoms with Crippen molar-refractivity contribution in [2.75, 3.05) is 18.6 Å². The molecule has 1 N–H and O–H groups in total. The molecule has 1 fully saturated rings. The van der Waals surface area contributed by atoms with Crippen molar-refractivity contribution < 1.29 is 0 Å². The fourth-order valence-electron chi connectivity index (χ4n) is 2.42. The van der Waals surface area contributed by atoms with E-state index in [-0.39, 0.29) is 0 Å². The molecule has 1 heterocycles. The Morgan fingerprint density at radius 1 is 1.38 bits per heavy atom. The lowest BCUT2D eigenvalue weighted by atomic mass is 9.88. The van der Waals surface area contributed by atoms with Gasteiger partial charge in [0.15, 0.2) is 0 Å². The van der Waals surface area contributed by atoms with Crippen LogP contribution in [0.15, 0.2) is 24.3 Å². The largest absolute Gasteiger partial charge is 0.313 e. The first-order valence-corrected chi connectivity index (χ1v) is 7.35. The average Bonchev–Trinajstić information content (AvgIpc) is 2.31. The van der Waals surface area contributed by atoms with Crippen LogP contribution < -0.4 is 5.32 Å². The van der Waals surface area contributed by atoms with Gasteiger partial charge in [0.05, 0.1) is 0 Å². The average molecular weight is 256 g/mol. The first-order valence-electron chi connectivity index (χ1n) is 5.81. The van der Waals surface area contributed by atoms with Crippen molar-refractivity contribution in [1.82, 2.24) is 5.32 Å². The fourth-order valence-corrected chi connectivity index (χ4v) is 3.77. The molecule has 0 spiro atoms. The van der Waals surface area contributed by atoms with Crippen molar-refractivity contribution in [3.63, 3.8) is 0 Å². The van der Waals surface area contributed by atoms with Gasteiger partial charge in [-0.1, -0.05) is 23.7 Å². The van der Waals surface area contributed by atoms with E-state index in [1.54, 1.807) is 0 Å². The van der Waals surface area contributed by atoms with Crippen molar-refractivity contribution in [2.45, 2.75) is 18.9 Å². The van der Waals surface area contributed by atoms with Gasteiger partial charge in [-0.2, -0.15) is 11.8 Å². The van der Waals surface area contributed by atoms with Crippen LogP contribution in [0.5, 0.6) is 0 Å². The maximum absolute atomic E-state index is 6.05. The molecule has 16 heavy (non-hydrogen) atoms. The maximum atomic E-state index is 6.05. The molecule has 0 saturated carbocycles. The lowest BCUT2D eigenvalue weighted by molar-refractivity contribution is 0.358. The van der Waals surface area contributed by atoms with Gasteiger partial charge in [-0.3, -0.25) is 0 Å². The predicted molar refractivity (Wildman–Crippen MR) is 73.3 cm³/mol. The molecule has 0 aliphatic carbocycles. The molecule has 2 rings (SSSR count). The summed E-state index contributed by atoms with van der Waals surface area (Å²) in [5, 5.41) is 4.28. The lowest BCUT2D eigenvalue weighted by Gasteiger charge is -2.30. The summed E-state index contributed by atoms with van der Waals surface area (Å²) in [5.74, 6) is 3.34. The van der Waals surface area contributed by atoms with E-state index in [2.05, 4.69) is 29.2 Å². The van der Waals surface area contributed by atoms with Crippen LogP contribution in [-0.4, -0.2) is 18.6 Å². The van der Waals surface area contributed by atoms with E-state index < -0.39 is 0 Å². The summed E-state index contributed by atoms with van der Waals surface area (Å²) < 4.78 is 0. The van der Waals surface area contributed by atoms with Crippen molar-refractivity contribution in [2.24, 2.45) is 5.92 Å². The van der Waals surface area contributed by atoms with Crippen molar-refractivity contribution in [3.05, 3.63) is 34.9 Å². The Labute approximate surface area is 107 Å². The number of rotatable bonds is 3. The Morgan fingerprint density at radius 2 is 2.12 bits per heavy atom. The van der Waals surface area contributed by atoms with E-state index in [4.69, 9.17) is 11.6 Å². The number of thioether (sulfide) groups is 1. The quantitative estimate of drug-likeness (QED) is 0.883. The molecular weight excluding hydrogens is 238 g/mol. The van der Waals surface area contributed by atoms with Gasteiger partial charge in [0.1, 0.15) is 0 Å². The Balaban J connectivity index is 2.14. The molecular formula is C13H18ClNS. The van der Waals surface area contributed by atoms with Crippen LogP contribution in [0.2, 0.25) is 5.02 Å². The number of nitrogens with one attached hydrogen (secondary N) is 1. The number of benzene rings is 1. The van der Waals surface area contributed by atoms with E-state index in [9.17, 15) is 0 Å². The molecule has 0 aromatic heterocycles. The van der Waals surface area contributed by atoms with E-state index in [1.807, 2.05) is 19.2 Å². The molecule has 1 saturated heterocycles. The highest BCUT2D eigenvalue weighted by Gasteiger charge is 2.23. The molecule has 1 unspecified atom stereocenters. The zero-order valence-electron chi connectivity index (χ0n) is 9.58. The fraction of sp³-hybridized carbons (Fsp3) is 0.538. The standard InChI is InChI=1S/C13H18ClNS/c1-15-13(10-5-7-16-8-6-10)11-3-2-4-12(14)9-11/h2-4,9-10,13,15H,5-8H2,1H3. The molecule has 0 amide bonds. The number of hydrogen-bond acceptors (Lipinski definition) is 2. The van der Waals surface area contributed by atoms with Crippen LogP contribution in [0.4, 0.5) is 0 Å². The molecule has 1 aliphatic rings. The normalized spacial score (nSPS) is 19.6. The van der Waals surface area contributed by atoms with Crippen LogP contribution in [0.25, 0.3) is 0 Å². The summed E-state index contributed by atoms with van der Waals surface area (Å²) in [6.07, 6.45) is 2.62. The molecule has 1 aliphatic heterocycles. The summed E-state index contributed by atoms with van der Waals surface area (Å²) in [5.41, 5.74) is 1.33. The van der Waals surface area contributed by atoms with E-state index in [0.29, 0.717) is 6.04 Å². The monoisotopic (exact) mass is 255 g/mol. The zero-order chi connectivity index (χ0) is 11.4. The van der Waals surface area contributed by atoms with Crippen molar-refractivity contribution in [3.8, 4) is 0 Å². The number of hydrogen-bond donors (Lipinski definition) is 1. The minimum absolute atomic E-state index is 0.458. The Kier molecular flexibility index (Phi) is 4.56. The molecule has 0 bridgehead atoms. The topological polar surface area (TPSA) is 12.0 Å². The third-order valence-electron chi connectivity index (χ3n) is 3.26. The van der Waals surface area contributed by atoms with Gasteiger partial charge in [0.25, 0.3) is 0 Å². The number of halogens is 1. The smallest absolute Gasteiger partial charge is 0.0409 e. The third-order valence-corrected chi connectivity index (χ3v) is 4.54. The van der Waals surface area contributed by atoms with E-state index in [0.717, 1.165) is 10.9 Å². The second-order valence-corrected chi connectivity index (χ2v) is 5.93. The highest BCUT2D eigenvalue weighted by atomic mass is 35.5. The van der Waals surface area contributed by atoms with Gasteiger partial charge in [-0.15, -0.1) is 0 Å². The SMILES string of the molecule is CNC(c1cccc(Cl)c1)C1CCSCC1. The Morgan fingerprint density at radius 3 is 2.75 bits per heavy atom. The van der Waals surface area contributed by atoms with Crippen molar-refractivity contribution >= 4 is 23.4 Å². The Bertz CT molecular complexity index is 336. The first kappa shape index (κ1) is 12.3. The highest BCUT2D eigenvalue weighted by Crippen LogP contribution is 2.33. The summed E-state index contributed by atoms with van der Waals surface area (Å²) in [4.78, 5) is 0. The van der Waals surface area contributed by atoms with Gasteiger partial charge >= 0.3 is 0 Å². The Hall–Kier alpha value is -0.180. The molecule has 88 valence electrons. The first-order chi connectivity index (χ1) is 7.81. The van der Waals surface area contributed by atoms with Gasteiger partial charge in [0.2, 0.25) is 0 Å². The van der Waals surface area contributed by atoms with Crippen LogP contribution in [0.3, 0.4) is 0 Å². The van der Waals surface area contributed by atoms with E-state index in [1.165, 1.54) is 29.9 Å². The summed E-state index contributed by atoms with van der Waals surface area (Å²) in [6.45, 7) is 0. The second kappa shape index (κ2) is 5.95. The minimum atomic E-state index is 0.458. The van der Waals surface area contributed by atoms with Gasteiger partial charge in [0, 0.05) is 11.1 Å². The van der Waals surface area contributed by atoms with Crippen LogP contribution >= 0.6 is 23.4 Å². The van der Waals surface area contributed by atoms with Gasteiger partial charge < -0.3 is 5.32 Å².